The summed E-state index contributed by atoms with van der Waals surface area (Å²) in [6.45, 7) is 0. The molecule has 0 aliphatic rings. The molecule has 0 bridgehead atoms. The van der Waals surface area contributed by atoms with Gasteiger partial charge in [0, 0.05) is 54.9 Å². The van der Waals surface area contributed by atoms with Gasteiger partial charge in [0.25, 0.3) is 0 Å². The average molecular weight is 423 g/mol. The molecule has 0 saturated heterocycles. The van der Waals surface area contributed by atoms with Crippen molar-refractivity contribution in [3.63, 3.8) is 0 Å². The Morgan fingerprint density at radius 1 is 0.933 bits per heavy atom. The quantitative estimate of drug-likeness (QED) is 0.538. The molecule has 1 rings (SSSR count). The minimum Gasteiger partial charge on any atom is -0.794 e. The van der Waals surface area contributed by atoms with Crippen LogP contribution in [-0.4, -0.2) is 25.8 Å². The van der Waals surface area contributed by atoms with Crippen LogP contribution in [0.2, 0.25) is 0 Å². The van der Waals surface area contributed by atoms with Crippen LogP contribution in [0.5, 0.6) is 0 Å². The molecule has 0 spiro atoms. The zero-order valence-electron chi connectivity index (χ0n) is 8.90. The van der Waals surface area contributed by atoms with Crippen molar-refractivity contribution < 1.29 is 22.4 Å². The summed E-state index contributed by atoms with van der Waals surface area (Å²) in [5, 5.41) is 0. The topological polar surface area (TPSA) is 6.48 Å². The molecular weight excluding hydrogens is 409 g/mol. The standard InChI is InChI=1S/C10H16N2S2.Au/c1-11(2)8-4-6-9(7-5-8)12(3)10(13)14;/h4-7,10,13-14H,1-3H3;/p-2. The molecule has 0 fully saturated rings. The molecule has 0 heterocycles. The third kappa shape index (κ3) is 4.33. The van der Waals surface area contributed by atoms with Gasteiger partial charge in [0.2, 0.25) is 0 Å². The predicted molar refractivity (Wildman–Crippen MR) is 67.7 cm³/mol. The average Bonchev–Trinajstić information content (AvgIpc) is 2.16. The molecule has 0 saturated carbocycles. The zero-order chi connectivity index (χ0) is 10.7. The van der Waals surface area contributed by atoms with E-state index in [9.17, 15) is 0 Å². The number of rotatable bonds is 3. The van der Waals surface area contributed by atoms with E-state index in [2.05, 4.69) is 17.0 Å². The first-order chi connectivity index (χ1) is 6.52. The van der Waals surface area contributed by atoms with Gasteiger partial charge in [-0.05, 0) is 24.3 Å². The Balaban J connectivity index is 0.00000196. The van der Waals surface area contributed by atoms with E-state index in [0.29, 0.717) is 0 Å². The molecule has 2 nitrogen and oxygen atoms in total. The second kappa shape index (κ2) is 6.76. The minimum atomic E-state index is -0.291. The Morgan fingerprint density at radius 3 is 1.67 bits per heavy atom. The molecule has 0 aliphatic carbocycles. The van der Waals surface area contributed by atoms with Crippen molar-refractivity contribution in [1.29, 1.82) is 0 Å². The molecule has 0 atom stereocenters. The fourth-order valence-electron chi connectivity index (χ4n) is 1.11. The molecule has 89 valence electrons. The summed E-state index contributed by atoms with van der Waals surface area (Å²) in [4.78, 5) is 3.95. The van der Waals surface area contributed by atoms with E-state index in [-0.39, 0.29) is 27.1 Å². The SMILES string of the molecule is CN(C)c1ccc(N(C)C([S-])[S-])cc1.[Au]. The van der Waals surface area contributed by atoms with E-state index in [4.69, 9.17) is 25.3 Å². The van der Waals surface area contributed by atoms with Crippen LogP contribution in [-0.2, 0) is 47.6 Å². The van der Waals surface area contributed by atoms with E-state index in [1.807, 2.05) is 38.2 Å². The summed E-state index contributed by atoms with van der Waals surface area (Å²) in [5.74, 6) is 0. The maximum atomic E-state index is 5.00. The van der Waals surface area contributed by atoms with E-state index in [0.717, 1.165) is 5.69 Å². The van der Waals surface area contributed by atoms with Crippen LogP contribution in [0, 0.1) is 0 Å². The molecule has 0 amide bonds. The van der Waals surface area contributed by atoms with Crippen LogP contribution in [0.1, 0.15) is 0 Å². The number of hydrogen-bond acceptors (Lipinski definition) is 4. The first-order valence-corrected chi connectivity index (χ1v) is 5.28. The Bertz CT molecular complexity index is 288. The van der Waals surface area contributed by atoms with E-state index in [1.54, 1.807) is 0 Å². The molecule has 0 aliphatic heterocycles. The van der Waals surface area contributed by atoms with Crippen LogP contribution in [0.4, 0.5) is 11.4 Å². The number of nitrogens with zero attached hydrogens (tertiary/aromatic N) is 2. The molecule has 15 heavy (non-hydrogen) atoms. The molecule has 1 radical (unpaired) electrons. The van der Waals surface area contributed by atoms with Crippen molar-refractivity contribution >= 4 is 36.6 Å². The van der Waals surface area contributed by atoms with Crippen molar-refractivity contribution in [2.24, 2.45) is 0 Å². The third-order valence-corrected chi connectivity index (χ3v) is 2.72. The maximum Gasteiger partial charge on any atom is 0.0362 e. The Hall–Kier alpha value is 0.260. The van der Waals surface area contributed by atoms with Gasteiger partial charge in [-0.15, -0.1) is 0 Å². The van der Waals surface area contributed by atoms with Gasteiger partial charge in [-0.25, -0.2) is 4.71 Å². The van der Waals surface area contributed by atoms with Gasteiger partial charge in [0.05, 0.1) is 0 Å². The van der Waals surface area contributed by atoms with Gasteiger partial charge in [-0.2, -0.15) is 0 Å². The number of benzene rings is 1. The largest absolute Gasteiger partial charge is 0.794 e. The first kappa shape index (κ1) is 15.3. The molecule has 0 N–H and O–H groups in total. The van der Waals surface area contributed by atoms with E-state index < -0.39 is 0 Å². The van der Waals surface area contributed by atoms with Crippen LogP contribution in [0.15, 0.2) is 24.3 Å². The van der Waals surface area contributed by atoms with Crippen molar-refractivity contribution in [2.45, 2.75) is 4.71 Å². The monoisotopic (exact) mass is 423 g/mol. The summed E-state index contributed by atoms with van der Waals surface area (Å²) in [6, 6.07) is 8.17. The van der Waals surface area contributed by atoms with Crippen LogP contribution < -0.4 is 9.80 Å². The predicted octanol–water partition coefficient (Wildman–Crippen LogP) is 1.56. The van der Waals surface area contributed by atoms with Crippen LogP contribution >= 0.6 is 0 Å². The normalized spacial score (nSPS) is 9.73. The Kier molecular flexibility index (Phi) is 6.88. The fraction of sp³-hybridized carbons (Fsp3) is 0.400. The molecular formula is C10H14AuN2S2-2. The molecule has 0 unspecified atom stereocenters. The van der Waals surface area contributed by atoms with Gasteiger partial charge in [0.1, 0.15) is 0 Å². The number of anilines is 2. The van der Waals surface area contributed by atoms with Gasteiger partial charge >= 0.3 is 0 Å². The second-order valence-corrected chi connectivity index (χ2v) is 4.52. The molecule has 0 aromatic heterocycles. The maximum absolute atomic E-state index is 5.00. The zero-order valence-corrected chi connectivity index (χ0v) is 12.7. The number of hydrogen-bond donors (Lipinski definition) is 0. The smallest absolute Gasteiger partial charge is 0.0362 e. The van der Waals surface area contributed by atoms with E-state index >= 15 is 0 Å². The second-order valence-electron chi connectivity index (χ2n) is 3.33. The molecule has 1 aromatic carbocycles. The Morgan fingerprint density at radius 2 is 1.33 bits per heavy atom. The first-order valence-electron chi connectivity index (χ1n) is 4.34. The van der Waals surface area contributed by atoms with Crippen LogP contribution in [0.3, 0.4) is 0 Å². The van der Waals surface area contributed by atoms with Gasteiger partial charge < -0.3 is 35.1 Å². The summed E-state index contributed by atoms with van der Waals surface area (Å²) in [6.07, 6.45) is 0. The van der Waals surface area contributed by atoms with Crippen LogP contribution in [0.25, 0.3) is 0 Å². The van der Waals surface area contributed by atoms with Gasteiger partial charge in [-0.1, -0.05) is 0 Å². The summed E-state index contributed by atoms with van der Waals surface area (Å²) in [5.41, 5.74) is 2.23. The molecule has 1 aromatic rings. The van der Waals surface area contributed by atoms with Gasteiger partial charge in [-0.3, -0.25) is 0 Å². The molecule has 5 heteroatoms. The summed E-state index contributed by atoms with van der Waals surface area (Å²) < 4.78 is -0.291. The minimum absolute atomic E-state index is 0. The van der Waals surface area contributed by atoms with Gasteiger partial charge in [0.15, 0.2) is 0 Å². The third-order valence-electron chi connectivity index (χ3n) is 2.09. The van der Waals surface area contributed by atoms with Crippen molar-refractivity contribution in [3.05, 3.63) is 24.3 Å². The Labute approximate surface area is 118 Å². The van der Waals surface area contributed by atoms with Crippen molar-refractivity contribution in [2.75, 3.05) is 30.9 Å². The fourth-order valence-corrected chi connectivity index (χ4v) is 1.35. The van der Waals surface area contributed by atoms with Crippen molar-refractivity contribution in [3.8, 4) is 0 Å². The van der Waals surface area contributed by atoms with E-state index in [1.165, 1.54) is 5.69 Å². The summed E-state index contributed by atoms with van der Waals surface area (Å²) >= 11 is 10.00. The summed E-state index contributed by atoms with van der Waals surface area (Å²) in [7, 11) is 5.94. The van der Waals surface area contributed by atoms with Crippen molar-refractivity contribution in [1.82, 2.24) is 0 Å².